The molecule has 0 radical (unpaired) electrons. The van der Waals surface area contributed by atoms with Gasteiger partial charge in [-0.2, -0.15) is 0 Å². The van der Waals surface area contributed by atoms with Gasteiger partial charge in [0.2, 0.25) is 0 Å². The van der Waals surface area contributed by atoms with E-state index in [-0.39, 0.29) is 0 Å². The van der Waals surface area contributed by atoms with Crippen molar-refractivity contribution >= 4 is 33.7 Å². The molecular formula is C13H13ClN2. The summed E-state index contributed by atoms with van der Waals surface area (Å²) in [6.45, 7) is 0.909. The molecule has 0 saturated heterocycles. The van der Waals surface area contributed by atoms with Crippen LogP contribution in [0.2, 0.25) is 0 Å². The lowest BCUT2D eigenvalue weighted by Gasteiger charge is -2.11. The molecular weight excluding hydrogens is 220 g/mol. The van der Waals surface area contributed by atoms with Gasteiger partial charge in [0, 0.05) is 35.1 Å². The van der Waals surface area contributed by atoms with Crippen molar-refractivity contribution in [1.29, 1.82) is 0 Å². The topological polar surface area (TPSA) is 38.0 Å². The summed E-state index contributed by atoms with van der Waals surface area (Å²) >= 11 is 6.00. The van der Waals surface area contributed by atoms with Crippen molar-refractivity contribution < 1.29 is 0 Å². The Balaban J connectivity index is 2.37. The predicted molar refractivity (Wildman–Crippen MR) is 70.3 cm³/mol. The minimum atomic E-state index is 0.391. The number of alkyl halides is 1. The van der Waals surface area contributed by atoms with E-state index in [9.17, 15) is 0 Å². The number of nitrogens with one attached hydrogen (secondary N) is 1. The van der Waals surface area contributed by atoms with Gasteiger partial charge in [0.05, 0.1) is 0 Å². The number of benzene rings is 2. The quantitative estimate of drug-likeness (QED) is 0.586. The number of rotatable bonds is 1. The number of halogens is 1. The van der Waals surface area contributed by atoms with E-state index < -0.39 is 0 Å². The van der Waals surface area contributed by atoms with E-state index in [1.165, 1.54) is 10.9 Å². The van der Waals surface area contributed by atoms with Gasteiger partial charge in [0.1, 0.15) is 0 Å². The van der Waals surface area contributed by atoms with Crippen molar-refractivity contribution in [3.8, 4) is 0 Å². The van der Waals surface area contributed by atoms with E-state index in [0.29, 0.717) is 11.8 Å². The summed E-state index contributed by atoms with van der Waals surface area (Å²) in [6, 6.07) is 10.3. The maximum absolute atomic E-state index is 6.04. The first-order valence-electron chi connectivity index (χ1n) is 5.42. The van der Waals surface area contributed by atoms with Crippen LogP contribution in [0.4, 0.5) is 11.4 Å². The molecule has 2 aromatic carbocycles. The highest BCUT2D eigenvalue weighted by molar-refractivity contribution is 6.18. The van der Waals surface area contributed by atoms with Gasteiger partial charge in [-0.1, -0.05) is 24.3 Å². The highest BCUT2D eigenvalue weighted by atomic mass is 35.5. The molecule has 0 bridgehead atoms. The smallest absolute Gasteiger partial charge is 0.0414 e. The summed E-state index contributed by atoms with van der Waals surface area (Å²) in [4.78, 5) is 0. The molecule has 0 saturated carbocycles. The van der Waals surface area contributed by atoms with Gasteiger partial charge in [-0.3, -0.25) is 0 Å². The fourth-order valence-corrected chi connectivity index (χ4v) is 2.74. The molecule has 1 atom stereocenters. The Morgan fingerprint density at radius 1 is 1.31 bits per heavy atom. The Bertz CT molecular complexity index is 551. The number of nitrogens with two attached hydrogens (primary N) is 1. The van der Waals surface area contributed by atoms with Crippen LogP contribution in [0.3, 0.4) is 0 Å². The van der Waals surface area contributed by atoms with E-state index in [4.69, 9.17) is 17.3 Å². The first-order chi connectivity index (χ1) is 7.81. The van der Waals surface area contributed by atoms with Gasteiger partial charge < -0.3 is 11.1 Å². The highest BCUT2D eigenvalue weighted by Crippen LogP contribution is 2.40. The molecule has 0 amide bonds. The number of nitrogen functional groups attached to an aromatic ring is 1. The van der Waals surface area contributed by atoms with Crippen LogP contribution < -0.4 is 11.1 Å². The number of hydrogen-bond acceptors (Lipinski definition) is 2. The number of hydrogen-bond donors (Lipinski definition) is 2. The van der Waals surface area contributed by atoms with Gasteiger partial charge in [0.15, 0.2) is 0 Å². The lowest BCUT2D eigenvalue weighted by molar-refractivity contribution is 0.869. The zero-order chi connectivity index (χ0) is 11.1. The minimum Gasteiger partial charge on any atom is -0.398 e. The summed E-state index contributed by atoms with van der Waals surface area (Å²) in [6.07, 6.45) is 0. The van der Waals surface area contributed by atoms with Crippen molar-refractivity contribution in [3.63, 3.8) is 0 Å². The third-order valence-corrected chi connectivity index (χ3v) is 3.62. The molecule has 1 aliphatic rings. The average molecular weight is 233 g/mol. The van der Waals surface area contributed by atoms with Gasteiger partial charge in [-0.05, 0) is 17.0 Å². The molecule has 1 aliphatic heterocycles. The normalized spacial score (nSPS) is 18.4. The first-order valence-corrected chi connectivity index (χ1v) is 5.95. The highest BCUT2D eigenvalue weighted by Gasteiger charge is 2.24. The fraction of sp³-hybridized carbons (Fsp3) is 0.231. The Kier molecular flexibility index (Phi) is 2.18. The van der Waals surface area contributed by atoms with Crippen LogP contribution in [0.5, 0.6) is 0 Å². The molecule has 16 heavy (non-hydrogen) atoms. The first kappa shape index (κ1) is 9.79. The Hall–Kier alpha value is -1.41. The zero-order valence-corrected chi connectivity index (χ0v) is 9.59. The predicted octanol–water partition coefficient (Wildman–Crippen LogP) is 3.17. The molecule has 0 spiro atoms. The molecule has 1 heterocycles. The van der Waals surface area contributed by atoms with Crippen LogP contribution in [-0.2, 0) is 0 Å². The molecule has 3 N–H and O–H groups in total. The number of anilines is 2. The van der Waals surface area contributed by atoms with Gasteiger partial charge in [-0.15, -0.1) is 11.6 Å². The zero-order valence-electron chi connectivity index (χ0n) is 8.83. The Morgan fingerprint density at radius 3 is 2.81 bits per heavy atom. The fourth-order valence-electron chi connectivity index (χ4n) is 2.48. The van der Waals surface area contributed by atoms with Crippen molar-refractivity contribution in [1.82, 2.24) is 0 Å². The maximum atomic E-state index is 6.04. The summed E-state index contributed by atoms with van der Waals surface area (Å²) in [5.74, 6) is 1.04. The van der Waals surface area contributed by atoms with Crippen LogP contribution in [0.1, 0.15) is 11.5 Å². The second kappa shape index (κ2) is 3.56. The SMILES string of the molecule is Nc1cc2c(c3ccccc13)C(CCl)CN2. The molecule has 0 aliphatic carbocycles. The molecule has 2 nitrogen and oxygen atoms in total. The van der Waals surface area contributed by atoms with Crippen molar-refractivity contribution in [3.05, 3.63) is 35.9 Å². The van der Waals surface area contributed by atoms with E-state index >= 15 is 0 Å². The molecule has 0 aromatic heterocycles. The van der Waals surface area contributed by atoms with Crippen molar-refractivity contribution in [2.24, 2.45) is 0 Å². The summed E-state index contributed by atoms with van der Waals surface area (Å²) in [5.41, 5.74) is 9.33. The van der Waals surface area contributed by atoms with Crippen LogP contribution in [-0.4, -0.2) is 12.4 Å². The third-order valence-electron chi connectivity index (χ3n) is 3.25. The standard InChI is InChI=1S/C13H13ClN2/c14-6-8-7-16-12-5-11(15)9-3-1-2-4-10(9)13(8)12/h1-5,8,16H,6-7,15H2. The van der Waals surface area contributed by atoms with Crippen LogP contribution in [0, 0.1) is 0 Å². The summed E-state index contributed by atoms with van der Waals surface area (Å²) in [7, 11) is 0. The summed E-state index contributed by atoms with van der Waals surface area (Å²) < 4.78 is 0. The van der Waals surface area contributed by atoms with E-state index in [1.54, 1.807) is 0 Å². The lowest BCUT2D eigenvalue weighted by atomic mass is 9.95. The van der Waals surface area contributed by atoms with Crippen LogP contribution >= 0.6 is 11.6 Å². The molecule has 2 aromatic rings. The average Bonchev–Trinajstić information content (AvgIpc) is 2.72. The largest absolute Gasteiger partial charge is 0.398 e. The van der Waals surface area contributed by atoms with Gasteiger partial charge in [-0.25, -0.2) is 0 Å². The van der Waals surface area contributed by atoms with Gasteiger partial charge in [0.25, 0.3) is 0 Å². The second-order valence-electron chi connectivity index (χ2n) is 4.20. The van der Waals surface area contributed by atoms with E-state index in [1.807, 2.05) is 18.2 Å². The molecule has 82 valence electrons. The monoisotopic (exact) mass is 232 g/mol. The Labute approximate surface area is 99.4 Å². The molecule has 1 unspecified atom stereocenters. The van der Waals surface area contributed by atoms with Crippen molar-refractivity contribution in [2.75, 3.05) is 23.5 Å². The molecule has 0 fully saturated rings. The van der Waals surface area contributed by atoms with Crippen molar-refractivity contribution in [2.45, 2.75) is 5.92 Å². The molecule has 3 rings (SSSR count). The molecule has 3 heteroatoms. The van der Waals surface area contributed by atoms with E-state index in [2.05, 4.69) is 17.4 Å². The van der Waals surface area contributed by atoms with Crippen LogP contribution in [0.25, 0.3) is 10.8 Å². The Morgan fingerprint density at radius 2 is 2.06 bits per heavy atom. The van der Waals surface area contributed by atoms with Crippen LogP contribution in [0.15, 0.2) is 30.3 Å². The lowest BCUT2D eigenvalue weighted by Crippen LogP contribution is -2.02. The second-order valence-corrected chi connectivity index (χ2v) is 4.51. The minimum absolute atomic E-state index is 0.391. The van der Waals surface area contributed by atoms with Gasteiger partial charge >= 0.3 is 0 Å². The maximum Gasteiger partial charge on any atom is 0.0414 e. The summed E-state index contributed by atoms with van der Waals surface area (Å²) in [5, 5.41) is 5.72. The number of fused-ring (bicyclic) bond motifs is 3. The third kappa shape index (κ3) is 1.26. The van der Waals surface area contributed by atoms with E-state index in [0.717, 1.165) is 23.3 Å².